The summed E-state index contributed by atoms with van der Waals surface area (Å²) in [5.41, 5.74) is -1.33. The van der Waals surface area contributed by atoms with Crippen LogP contribution in [0.4, 0.5) is 22.0 Å². The summed E-state index contributed by atoms with van der Waals surface area (Å²) in [6.45, 7) is 0. The van der Waals surface area contributed by atoms with Crippen LogP contribution in [-0.2, 0) is 13.5 Å². The first-order valence-corrected chi connectivity index (χ1v) is 5.25. The second kappa shape index (κ2) is 5.12. The third kappa shape index (κ3) is 2.33. The van der Waals surface area contributed by atoms with Gasteiger partial charge in [-0.05, 0) is 5.21 Å². The Morgan fingerprint density at radius 2 is 1.50 bits per heavy atom. The van der Waals surface area contributed by atoms with E-state index in [4.69, 9.17) is 0 Å². The average molecular weight is 294 g/mol. The summed E-state index contributed by atoms with van der Waals surface area (Å²) in [5.74, 6) is -10.8. The lowest BCUT2D eigenvalue weighted by Gasteiger charge is -2.12. The van der Waals surface area contributed by atoms with Crippen LogP contribution in [0.1, 0.15) is 17.5 Å². The van der Waals surface area contributed by atoms with Crippen LogP contribution < -0.4 is 0 Å². The Labute approximate surface area is 108 Å². The van der Waals surface area contributed by atoms with Crippen molar-refractivity contribution in [3.63, 3.8) is 0 Å². The summed E-state index contributed by atoms with van der Waals surface area (Å²) in [6, 6.07) is 0. The number of benzene rings is 1. The first-order chi connectivity index (χ1) is 9.32. The number of tetrazole rings is 1. The molecule has 1 aromatic carbocycles. The molecule has 1 aromatic heterocycles. The number of hydrogen-bond acceptors (Lipinski definition) is 4. The third-order valence-corrected chi connectivity index (χ3v) is 2.50. The van der Waals surface area contributed by atoms with E-state index in [0.29, 0.717) is 0 Å². The van der Waals surface area contributed by atoms with E-state index in [1.165, 1.54) is 7.05 Å². The highest BCUT2D eigenvalue weighted by Gasteiger charge is 2.30. The molecule has 1 atom stereocenters. The van der Waals surface area contributed by atoms with Gasteiger partial charge in [-0.25, -0.2) is 22.0 Å². The standard InChI is InChI=1S/C10H7F5N4O/c1-19-17-4(16-18-19)2-3(20)5-6(11)8(13)10(15)9(14)7(5)12/h3,20H,2H2,1H3. The van der Waals surface area contributed by atoms with Crippen LogP contribution in [0, 0.1) is 29.1 Å². The SMILES string of the molecule is Cn1nnc(CC(O)c2c(F)c(F)c(F)c(F)c2F)n1. The maximum Gasteiger partial charge on any atom is 0.200 e. The molecule has 0 fully saturated rings. The molecular weight excluding hydrogens is 287 g/mol. The van der Waals surface area contributed by atoms with Gasteiger partial charge < -0.3 is 5.11 Å². The van der Waals surface area contributed by atoms with Crippen molar-refractivity contribution in [3.8, 4) is 0 Å². The van der Waals surface area contributed by atoms with E-state index < -0.39 is 47.2 Å². The minimum Gasteiger partial charge on any atom is -0.388 e. The van der Waals surface area contributed by atoms with Gasteiger partial charge in [-0.3, -0.25) is 0 Å². The molecule has 0 aliphatic rings. The number of nitrogens with zero attached hydrogens (tertiary/aromatic N) is 4. The maximum absolute atomic E-state index is 13.4. The van der Waals surface area contributed by atoms with Gasteiger partial charge in [0.2, 0.25) is 5.82 Å². The van der Waals surface area contributed by atoms with Crippen LogP contribution in [0.5, 0.6) is 0 Å². The Bertz CT molecular complexity index is 630. The van der Waals surface area contributed by atoms with Gasteiger partial charge in [0, 0.05) is 6.42 Å². The molecule has 0 bridgehead atoms. The second-order valence-corrected chi connectivity index (χ2v) is 3.90. The summed E-state index contributed by atoms with van der Waals surface area (Å²) < 4.78 is 65.7. The summed E-state index contributed by atoms with van der Waals surface area (Å²) in [6.07, 6.45) is -2.55. The molecule has 1 N–H and O–H groups in total. The van der Waals surface area contributed by atoms with Crippen molar-refractivity contribution >= 4 is 0 Å². The highest BCUT2D eigenvalue weighted by molar-refractivity contribution is 5.26. The Kier molecular flexibility index (Phi) is 3.66. The fraction of sp³-hybridized carbons (Fsp3) is 0.300. The largest absolute Gasteiger partial charge is 0.388 e. The molecule has 108 valence electrons. The van der Waals surface area contributed by atoms with E-state index in [1.807, 2.05) is 0 Å². The highest BCUT2D eigenvalue weighted by atomic mass is 19.2. The van der Waals surface area contributed by atoms with E-state index in [1.54, 1.807) is 0 Å². The first kappa shape index (κ1) is 14.3. The van der Waals surface area contributed by atoms with Crippen LogP contribution in [0.25, 0.3) is 0 Å². The molecule has 0 spiro atoms. The van der Waals surface area contributed by atoms with E-state index in [9.17, 15) is 27.1 Å². The zero-order chi connectivity index (χ0) is 15.0. The molecule has 0 aliphatic heterocycles. The van der Waals surface area contributed by atoms with Crippen LogP contribution in [-0.4, -0.2) is 25.3 Å². The Hall–Kier alpha value is -2.10. The van der Waals surface area contributed by atoms with Crippen LogP contribution in [0.3, 0.4) is 0 Å². The molecule has 1 unspecified atom stereocenters. The van der Waals surface area contributed by atoms with Crippen molar-refractivity contribution < 1.29 is 27.1 Å². The number of aryl methyl sites for hydroxylation is 1. The number of aliphatic hydroxyl groups excluding tert-OH is 1. The summed E-state index contributed by atoms with van der Waals surface area (Å²) in [4.78, 5) is 1.01. The first-order valence-electron chi connectivity index (χ1n) is 5.25. The van der Waals surface area contributed by atoms with Gasteiger partial charge in [0.25, 0.3) is 0 Å². The fourth-order valence-electron chi connectivity index (χ4n) is 1.59. The predicted octanol–water partition coefficient (Wildman–Crippen LogP) is 1.18. The maximum atomic E-state index is 13.4. The van der Waals surface area contributed by atoms with Gasteiger partial charge in [-0.1, -0.05) is 0 Å². The van der Waals surface area contributed by atoms with Crippen molar-refractivity contribution in [3.05, 3.63) is 40.5 Å². The number of halogens is 5. The minimum atomic E-state index is -2.28. The molecule has 0 saturated heterocycles. The fourth-order valence-corrected chi connectivity index (χ4v) is 1.59. The number of rotatable bonds is 3. The second-order valence-electron chi connectivity index (χ2n) is 3.90. The summed E-state index contributed by atoms with van der Waals surface area (Å²) in [7, 11) is 1.40. The van der Waals surface area contributed by atoms with Gasteiger partial charge in [0.05, 0.1) is 18.7 Å². The molecule has 1 heterocycles. The van der Waals surface area contributed by atoms with Gasteiger partial charge in [-0.15, -0.1) is 10.2 Å². The van der Waals surface area contributed by atoms with Crippen molar-refractivity contribution in [2.24, 2.45) is 7.05 Å². The monoisotopic (exact) mass is 294 g/mol. The quantitative estimate of drug-likeness (QED) is 0.524. The number of hydrogen-bond donors (Lipinski definition) is 1. The van der Waals surface area contributed by atoms with Gasteiger partial charge >= 0.3 is 0 Å². The predicted molar refractivity (Wildman–Crippen MR) is 53.7 cm³/mol. The number of aromatic nitrogens is 4. The molecular formula is C10H7F5N4O. The molecule has 0 radical (unpaired) electrons. The molecule has 0 amide bonds. The Morgan fingerprint density at radius 1 is 1.00 bits per heavy atom. The number of aliphatic hydroxyl groups is 1. The lowest BCUT2D eigenvalue weighted by molar-refractivity contribution is 0.161. The summed E-state index contributed by atoms with van der Waals surface area (Å²) >= 11 is 0. The van der Waals surface area contributed by atoms with Crippen molar-refractivity contribution in [1.29, 1.82) is 0 Å². The Morgan fingerprint density at radius 3 is 1.95 bits per heavy atom. The Balaban J connectivity index is 2.42. The van der Waals surface area contributed by atoms with Gasteiger partial charge in [0.1, 0.15) is 0 Å². The van der Waals surface area contributed by atoms with Crippen molar-refractivity contribution in [1.82, 2.24) is 20.2 Å². The van der Waals surface area contributed by atoms with E-state index in [-0.39, 0.29) is 5.82 Å². The summed E-state index contributed by atoms with van der Waals surface area (Å²) in [5, 5.41) is 20.1. The van der Waals surface area contributed by atoms with Crippen LogP contribution in [0.2, 0.25) is 0 Å². The molecule has 2 aromatic rings. The van der Waals surface area contributed by atoms with E-state index in [2.05, 4.69) is 15.4 Å². The minimum absolute atomic E-state index is 0.107. The average Bonchev–Trinajstić information content (AvgIpc) is 2.79. The van der Waals surface area contributed by atoms with Crippen LogP contribution in [0.15, 0.2) is 0 Å². The highest BCUT2D eigenvalue weighted by Crippen LogP contribution is 2.28. The smallest absolute Gasteiger partial charge is 0.200 e. The third-order valence-electron chi connectivity index (χ3n) is 2.50. The van der Waals surface area contributed by atoms with Gasteiger partial charge in [0.15, 0.2) is 29.1 Å². The molecule has 5 nitrogen and oxygen atoms in total. The zero-order valence-corrected chi connectivity index (χ0v) is 9.91. The van der Waals surface area contributed by atoms with E-state index >= 15 is 0 Å². The molecule has 20 heavy (non-hydrogen) atoms. The molecule has 0 aliphatic carbocycles. The topological polar surface area (TPSA) is 63.8 Å². The van der Waals surface area contributed by atoms with Gasteiger partial charge in [-0.2, -0.15) is 4.80 Å². The molecule has 10 heteroatoms. The van der Waals surface area contributed by atoms with Crippen molar-refractivity contribution in [2.75, 3.05) is 0 Å². The molecule has 0 saturated carbocycles. The molecule has 2 rings (SSSR count). The zero-order valence-electron chi connectivity index (χ0n) is 9.91. The van der Waals surface area contributed by atoms with Crippen molar-refractivity contribution in [2.45, 2.75) is 12.5 Å². The lowest BCUT2D eigenvalue weighted by Crippen LogP contribution is -2.13. The lowest BCUT2D eigenvalue weighted by atomic mass is 10.0. The van der Waals surface area contributed by atoms with E-state index in [0.717, 1.165) is 4.80 Å². The van der Waals surface area contributed by atoms with Crippen LogP contribution >= 0.6 is 0 Å². The normalized spacial score (nSPS) is 12.8.